The first kappa shape index (κ1) is 44.1. The van der Waals surface area contributed by atoms with E-state index in [-0.39, 0.29) is 10.8 Å². The fourth-order valence-electron chi connectivity index (χ4n) is 11.4. The molecule has 0 N–H and O–H groups in total. The molecule has 340 valence electrons. The Morgan fingerprint density at radius 3 is 1.49 bits per heavy atom. The molecule has 0 aliphatic heterocycles. The number of benzene rings is 9. The molecule has 0 spiro atoms. The highest BCUT2D eigenvalue weighted by Gasteiger charge is 2.36. The van der Waals surface area contributed by atoms with Crippen molar-refractivity contribution in [1.82, 2.24) is 4.57 Å². The summed E-state index contributed by atoms with van der Waals surface area (Å²) < 4.78 is 2.44. The average Bonchev–Trinajstić information content (AvgIpc) is 3.81. The minimum atomic E-state index is -0.107. The number of rotatable bonds is 11. The van der Waals surface area contributed by atoms with Gasteiger partial charge in [0.2, 0.25) is 0 Å². The molecular weight excluding hydrogens is 833 g/mol. The lowest BCUT2D eigenvalue weighted by atomic mass is 9.77. The predicted molar refractivity (Wildman–Crippen MR) is 296 cm³/mol. The molecule has 9 aromatic carbocycles. The first-order valence-electron chi connectivity index (χ1n) is 24.9. The van der Waals surface area contributed by atoms with E-state index in [2.05, 4.69) is 271 Å². The Hall–Kier alpha value is -7.42. The van der Waals surface area contributed by atoms with Crippen LogP contribution in [0.1, 0.15) is 90.0 Å². The van der Waals surface area contributed by atoms with Crippen LogP contribution in [-0.2, 0) is 10.8 Å². The Morgan fingerprint density at radius 1 is 0.449 bits per heavy atom. The number of anilines is 3. The molecule has 0 atom stereocenters. The van der Waals surface area contributed by atoms with Crippen LogP contribution in [0, 0.1) is 5.92 Å². The van der Waals surface area contributed by atoms with Crippen LogP contribution in [0.5, 0.6) is 0 Å². The highest BCUT2D eigenvalue weighted by molar-refractivity contribution is 6.11. The molecule has 1 heterocycles. The fraction of sp³-hybridized carbons (Fsp3) is 0.194. The van der Waals surface area contributed by atoms with Gasteiger partial charge in [-0.05, 0) is 163 Å². The Balaban J connectivity index is 1.00. The second kappa shape index (κ2) is 17.3. The largest absolute Gasteiger partial charge is 0.310 e. The summed E-state index contributed by atoms with van der Waals surface area (Å²) in [5.41, 5.74) is 22.4. The Kier molecular flexibility index (Phi) is 11.0. The predicted octanol–water partition coefficient (Wildman–Crippen LogP) is 19.0. The van der Waals surface area contributed by atoms with Gasteiger partial charge in [0, 0.05) is 38.9 Å². The van der Waals surface area contributed by atoms with E-state index in [0.29, 0.717) is 11.8 Å². The first-order valence-corrected chi connectivity index (χ1v) is 24.9. The van der Waals surface area contributed by atoms with E-state index in [9.17, 15) is 0 Å². The quantitative estimate of drug-likeness (QED) is 0.126. The zero-order valence-corrected chi connectivity index (χ0v) is 41.4. The van der Waals surface area contributed by atoms with Crippen LogP contribution < -0.4 is 4.90 Å². The van der Waals surface area contributed by atoms with E-state index in [1.165, 1.54) is 94.3 Å². The summed E-state index contributed by atoms with van der Waals surface area (Å²) >= 11 is 0. The fourth-order valence-corrected chi connectivity index (χ4v) is 11.4. The van der Waals surface area contributed by atoms with Gasteiger partial charge in [-0.25, -0.2) is 0 Å². The number of fused-ring (bicyclic) bond motifs is 6. The van der Waals surface area contributed by atoms with Gasteiger partial charge in [-0.1, -0.05) is 189 Å². The van der Waals surface area contributed by atoms with Gasteiger partial charge in [0.05, 0.1) is 11.0 Å². The maximum absolute atomic E-state index is 2.44. The minimum absolute atomic E-state index is 0.107. The summed E-state index contributed by atoms with van der Waals surface area (Å²) in [4.78, 5) is 2.42. The lowest BCUT2D eigenvalue weighted by molar-refractivity contribution is 0.400. The molecule has 0 amide bonds. The lowest BCUT2D eigenvalue weighted by Gasteiger charge is -2.28. The third kappa shape index (κ3) is 7.96. The highest BCUT2D eigenvalue weighted by Crippen LogP contribution is 2.51. The van der Waals surface area contributed by atoms with Crippen LogP contribution in [0.3, 0.4) is 0 Å². The molecule has 2 nitrogen and oxygen atoms in total. The zero-order valence-electron chi connectivity index (χ0n) is 41.4. The van der Waals surface area contributed by atoms with Crippen LogP contribution in [0.15, 0.2) is 206 Å². The van der Waals surface area contributed by atoms with Crippen molar-refractivity contribution >= 4 is 38.9 Å². The molecule has 0 saturated heterocycles. The summed E-state index contributed by atoms with van der Waals surface area (Å²) in [6.07, 6.45) is 1.16. The number of hydrogen-bond acceptors (Lipinski definition) is 1. The standard InChI is InChI=1S/C67H62N2/c1-44(2)43-66(5,6)53-28-18-49(19-29-53)51-26-38-64-60(40-51)61-41-52(27-39-65(61)69(64)56-30-20-46(21-31-56)45(3)4)50-24-34-55(35-25-50)68(54-32-22-48(23-33-54)47-14-10-9-11-15-47)57-36-37-59-58-16-12-13-17-62(58)67(7,8)63(59)42-57/h9-42,44-45H,43H2,1-8H3. The average molecular weight is 895 g/mol. The van der Waals surface area contributed by atoms with Crippen molar-refractivity contribution in [2.45, 2.75) is 78.6 Å². The molecule has 0 bridgehead atoms. The molecule has 11 rings (SSSR count). The number of hydrogen-bond donors (Lipinski definition) is 0. The number of nitrogens with zero attached hydrogens (tertiary/aromatic N) is 2. The summed E-state index contributed by atoms with van der Waals surface area (Å²) in [6.45, 7) is 18.6. The van der Waals surface area contributed by atoms with E-state index < -0.39 is 0 Å². The molecular formula is C67H62N2. The summed E-state index contributed by atoms with van der Waals surface area (Å²) in [6, 6.07) is 77.3. The van der Waals surface area contributed by atoms with Gasteiger partial charge < -0.3 is 9.47 Å². The molecule has 1 aliphatic carbocycles. The highest BCUT2D eigenvalue weighted by atomic mass is 15.1. The SMILES string of the molecule is CC(C)CC(C)(C)c1ccc(-c2ccc3c(c2)c2cc(-c4ccc(N(c5ccc(-c6ccccc6)cc5)c5ccc6c(c5)C(C)(C)c5ccccc5-6)cc4)ccc2n3-c2ccc(C(C)C)cc2)cc1. The summed E-state index contributed by atoms with van der Waals surface area (Å²) in [7, 11) is 0. The van der Waals surface area contributed by atoms with Crippen LogP contribution in [0.2, 0.25) is 0 Å². The number of aromatic nitrogens is 1. The molecule has 1 aliphatic rings. The second-order valence-electron chi connectivity index (χ2n) is 21.3. The van der Waals surface area contributed by atoms with Crippen molar-refractivity contribution in [2.75, 3.05) is 4.90 Å². The van der Waals surface area contributed by atoms with Crippen molar-refractivity contribution < 1.29 is 0 Å². The molecule has 0 saturated carbocycles. The molecule has 0 fully saturated rings. The summed E-state index contributed by atoms with van der Waals surface area (Å²) in [5.74, 6) is 1.12. The van der Waals surface area contributed by atoms with Gasteiger partial charge in [-0.2, -0.15) is 0 Å². The topological polar surface area (TPSA) is 8.17 Å². The smallest absolute Gasteiger partial charge is 0.0541 e. The molecule has 0 radical (unpaired) electrons. The Labute approximate surface area is 409 Å². The lowest BCUT2D eigenvalue weighted by Crippen LogP contribution is -2.19. The molecule has 2 heteroatoms. The van der Waals surface area contributed by atoms with E-state index in [4.69, 9.17) is 0 Å². The van der Waals surface area contributed by atoms with Crippen molar-refractivity contribution in [1.29, 1.82) is 0 Å². The third-order valence-corrected chi connectivity index (χ3v) is 15.0. The van der Waals surface area contributed by atoms with Gasteiger partial charge in [0.25, 0.3) is 0 Å². The van der Waals surface area contributed by atoms with Crippen molar-refractivity contribution in [3.8, 4) is 50.2 Å². The second-order valence-corrected chi connectivity index (χ2v) is 21.3. The normalized spacial score (nSPS) is 13.1. The van der Waals surface area contributed by atoms with Gasteiger partial charge in [-0.15, -0.1) is 0 Å². The maximum Gasteiger partial charge on any atom is 0.0541 e. The third-order valence-electron chi connectivity index (χ3n) is 15.0. The van der Waals surface area contributed by atoms with Gasteiger partial charge in [-0.3, -0.25) is 0 Å². The van der Waals surface area contributed by atoms with Gasteiger partial charge in [0.1, 0.15) is 0 Å². The monoisotopic (exact) mass is 894 g/mol. The van der Waals surface area contributed by atoms with Gasteiger partial charge >= 0.3 is 0 Å². The summed E-state index contributed by atoms with van der Waals surface area (Å²) in [5, 5.41) is 2.50. The molecule has 0 unspecified atom stereocenters. The van der Waals surface area contributed by atoms with Crippen LogP contribution in [0.25, 0.3) is 72.0 Å². The Bertz CT molecular complexity index is 3480. The van der Waals surface area contributed by atoms with Crippen molar-refractivity contribution in [3.05, 3.63) is 229 Å². The van der Waals surface area contributed by atoms with Crippen molar-refractivity contribution in [3.63, 3.8) is 0 Å². The first-order chi connectivity index (χ1) is 33.3. The minimum Gasteiger partial charge on any atom is -0.310 e. The van der Waals surface area contributed by atoms with Crippen LogP contribution in [-0.4, -0.2) is 4.57 Å². The molecule has 69 heavy (non-hydrogen) atoms. The van der Waals surface area contributed by atoms with E-state index in [1.807, 2.05) is 0 Å². The maximum atomic E-state index is 2.44. The molecule has 1 aromatic heterocycles. The molecule has 10 aromatic rings. The van der Waals surface area contributed by atoms with Crippen LogP contribution >= 0.6 is 0 Å². The zero-order chi connectivity index (χ0) is 47.6. The van der Waals surface area contributed by atoms with E-state index in [1.54, 1.807) is 0 Å². The van der Waals surface area contributed by atoms with Crippen LogP contribution in [0.4, 0.5) is 17.1 Å². The van der Waals surface area contributed by atoms with Crippen molar-refractivity contribution in [2.24, 2.45) is 5.92 Å². The van der Waals surface area contributed by atoms with E-state index in [0.717, 1.165) is 23.5 Å². The van der Waals surface area contributed by atoms with E-state index >= 15 is 0 Å². The Morgan fingerprint density at radius 2 is 0.928 bits per heavy atom. The van der Waals surface area contributed by atoms with Gasteiger partial charge in [0.15, 0.2) is 0 Å².